The molecule has 1 fully saturated rings. The minimum absolute atomic E-state index is 0.164. The molecule has 2 unspecified atom stereocenters. The molecule has 2 atom stereocenters. The van der Waals surface area contributed by atoms with Gasteiger partial charge >= 0.3 is 0 Å². The number of amides is 1. The van der Waals surface area contributed by atoms with Gasteiger partial charge in [0.2, 0.25) is 15.9 Å². The average Bonchev–Trinajstić information content (AvgIpc) is 2.92. The van der Waals surface area contributed by atoms with Gasteiger partial charge in [0.15, 0.2) is 0 Å². The lowest BCUT2D eigenvalue weighted by Gasteiger charge is -2.19. The number of nitrogens with zero attached hydrogens (tertiary/aromatic N) is 2. The number of hydrogen-bond acceptors (Lipinski definition) is 4. The van der Waals surface area contributed by atoms with Crippen LogP contribution < -0.4 is 0 Å². The monoisotopic (exact) mass is 314 g/mol. The van der Waals surface area contributed by atoms with Crippen molar-refractivity contribution < 1.29 is 17.6 Å². The highest BCUT2D eigenvalue weighted by molar-refractivity contribution is 7.88. The van der Waals surface area contributed by atoms with Gasteiger partial charge in [0.05, 0.1) is 19.3 Å². The van der Waals surface area contributed by atoms with Crippen molar-refractivity contribution in [3.8, 4) is 0 Å². The van der Waals surface area contributed by atoms with E-state index in [9.17, 15) is 13.2 Å². The van der Waals surface area contributed by atoms with Crippen LogP contribution in [0.1, 0.15) is 30.8 Å². The summed E-state index contributed by atoms with van der Waals surface area (Å²) in [5.74, 6) is 2.62. The van der Waals surface area contributed by atoms with Crippen molar-refractivity contribution in [2.75, 3.05) is 26.9 Å². The van der Waals surface area contributed by atoms with Crippen LogP contribution in [0.2, 0.25) is 0 Å². The molecule has 0 radical (unpaired) electrons. The van der Waals surface area contributed by atoms with Gasteiger partial charge in [-0.25, -0.2) is 8.42 Å². The summed E-state index contributed by atoms with van der Waals surface area (Å²) >= 11 is 0. The molecule has 0 bridgehead atoms. The van der Waals surface area contributed by atoms with Crippen molar-refractivity contribution in [1.29, 1.82) is 0 Å². The maximum Gasteiger partial charge on any atom is 0.238 e. The Kier molecular flexibility index (Phi) is 4.43. The Morgan fingerprint density at radius 3 is 2.52 bits per heavy atom. The van der Waals surface area contributed by atoms with Crippen LogP contribution in [-0.2, 0) is 21.4 Å². The first kappa shape index (κ1) is 16.0. The molecule has 0 saturated heterocycles. The van der Waals surface area contributed by atoms with Gasteiger partial charge in [-0.1, -0.05) is 6.92 Å². The average molecular weight is 314 g/mol. The molecule has 1 aromatic heterocycles. The molecule has 0 N–H and O–H groups in total. The van der Waals surface area contributed by atoms with E-state index in [0.717, 1.165) is 28.5 Å². The summed E-state index contributed by atoms with van der Waals surface area (Å²) in [6, 6.07) is 3.84. The lowest BCUT2D eigenvalue weighted by atomic mass is 10.3. The lowest BCUT2D eigenvalue weighted by Crippen LogP contribution is -2.38. The van der Waals surface area contributed by atoms with E-state index < -0.39 is 10.0 Å². The summed E-state index contributed by atoms with van der Waals surface area (Å²) in [7, 11) is -0.318. The number of hydrogen-bond donors (Lipinski definition) is 0. The fraction of sp³-hybridized carbons (Fsp3) is 0.643. The van der Waals surface area contributed by atoms with E-state index in [1.54, 1.807) is 7.05 Å². The minimum atomic E-state index is -3.35. The highest BCUT2D eigenvalue weighted by Gasteiger charge is 2.36. The zero-order valence-corrected chi connectivity index (χ0v) is 13.7. The van der Waals surface area contributed by atoms with Gasteiger partial charge in [-0.3, -0.25) is 4.79 Å². The lowest BCUT2D eigenvalue weighted by molar-refractivity contribution is -0.130. The molecule has 118 valence electrons. The van der Waals surface area contributed by atoms with Gasteiger partial charge in [0, 0.05) is 20.0 Å². The molecule has 0 aliphatic heterocycles. The van der Waals surface area contributed by atoms with Crippen molar-refractivity contribution in [3.63, 3.8) is 0 Å². The second-order valence-corrected chi connectivity index (χ2v) is 7.98. The molecule has 21 heavy (non-hydrogen) atoms. The van der Waals surface area contributed by atoms with Crippen LogP contribution in [-0.4, -0.2) is 50.4 Å². The summed E-state index contributed by atoms with van der Waals surface area (Å²) in [6.45, 7) is 2.36. The summed E-state index contributed by atoms with van der Waals surface area (Å²) in [6.07, 6.45) is 2.23. The number of furan rings is 1. The quantitative estimate of drug-likeness (QED) is 0.792. The molecule has 1 aliphatic rings. The van der Waals surface area contributed by atoms with E-state index >= 15 is 0 Å². The van der Waals surface area contributed by atoms with Crippen LogP contribution in [0.5, 0.6) is 0 Å². The SMILES string of the molecule is CC1CC1c1ccc(CN(C)C(=O)CN(C)S(C)(=O)=O)o1. The maximum atomic E-state index is 12.0. The molecule has 1 amide bonds. The molecular formula is C14H22N2O4S. The Morgan fingerprint density at radius 2 is 2.00 bits per heavy atom. The Bertz CT molecular complexity index is 623. The topological polar surface area (TPSA) is 70.8 Å². The van der Waals surface area contributed by atoms with E-state index in [0.29, 0.717) is 18.4 Å². The Balaban J connectivity index is 1.90. The third-order valence-corrected chi connectivity index (χ3v) is 5.16. The highest BCUT2D eigenvalue weighted by Crippen LogP contribution is 2.47. The zero-order chi connectivity index (χ0) is 15.8. The second kappa shape index (κ2) is 5.81. The van der Waals surface area contributed by atoms with E-state index in [-0.39, 0.29) is 12.5 Å². The fourth-order valence-corrected chi connectivity index (χ4v) is 2.49. The van der Waals surface area contributed by atoms with Crippen LogP contribution in [0.15, 0.2) is 16.5 Å². The van der Waals surface area contributed by atoms with Gasteiger partial charge in [0.1, 0.15) is 11.5 Å². The number of carbonyl (C=O) groups is 1. The number of likely N-dealkylation sites (N-methyl/N-ethyl adjacent to an activating group) is 2. The maximum absolute atomic E-state index is 12.0. The predicted molar refractivity (Wildman–Crippen MR) is 79.2 cm³/mol. The normalized spacial score (nSPS) is 21.6. The van der Waals surface area contributed by atoms with Crippen molar-refractivity contribution in [2.45, 2.75) is 25.8 Å². The number of sulfonamides is 1. The van der Waals surface area contributed by atoms with Crippen LogP contribution in [0.3, 0.4) is 0 Å². The third-order valence-electron chi connectivity index (χ3n) is 3.90. The first-order chi connectivity index (χ1) is 9.68. The molecule has 0 aromatic carbocycles. The molecular weight excluding hydrogens is 292 g/mol. The van der Waals surface area contributed by atoms with Crippen molar-refractivity contribution >= 4 is 15.9 Å². The van der Waals surface area contributed by atoms with E-state index in [1.165, 1.54) is 11.9 Å². The van der Waals surface area contributed by atoms with Crippen molar-refractivity contribution in [3.05, 3.63) is 23.7 Å². The first-order valence-electron chi connectivity index (χ1n) is 6.92. The van der Waals surface area contributed by atoms with Gasteiger partial charge in [-0.2, -0.15) is 4.31 Å². The minimum Gasteiger partial charge on any atom is -0.464 e. The predicted octanol–water partition coefficient (Wildman–Crippen LogP) is 1.25. The van der Waals surface area contributed by atoms with Gasteiger partial charge in [-0.15, -0.1) is 0 Å². The Hall–Kier alpha value is -1.34. The van der Waals surface area contributed by atoms with Gasteiger partial charge < -0.3 is 9.32 Å². The largest absolute Gasteiger partial charge is 0.464 e. The van der Waals surface area contributed by atoms with Crippen molar-refractivity contribution in [1.82, 2.24) is 9.21 Å². The van der Waals surface area contributed by atoms with E-state index in [4.69, 9.17) is 4.42 Å². The summed E-state index contributed by atoms with van der Waals surface area (Å²) in [4.78, 5) is 13.5. The number of rotatable bonds is 6. The molecule has 2 rings (SSSR count). The summed E-state index contributed by atoms with van der Waals surface area (Å²) in [5, 5.41) is 0. The molecule has 7 heteroatoms. The summed E-state index contributed by atoms with van der Waals surface area (Å²) in [5.41, 5.74) is 0. The smallest absolute Gasteiger partial charge is 0.238 e. The molecule has 1 aromatic rings. The zero-order valence-electron chi connectivity index (χ0n) is 12.9. The summed E-state index contributed by atoms with van der Waals surface area (Å²) < 4.78 is 29.4. The van der Waals surface area contributed by atoms with Crippen LogP contribution in [0, 0.1) is 5.92 Å². The van der Waals surface area contributed by atoms with Gasteiger partial charge in [0.25, 0.3) is 0 Å². The number of carbonyl (C=O) groups excluding carboxylic acids is 1. The standard InChI is InChI=1S/C14H22N2O4S/c1-10-7-12(10)13-6-5-11(20-13)8-15(2)14(17)9-16(3)21(4,18)19/h5-6,10,12H,7-9H2,1-4H3. The fourth-order valence-electron chi connectivity index (χ4n) is 2.15. The Morgan fingerprint density at radius 1 is 1.38 bits per heavy atom. The first-order valence-corrected chi connectivity index (χ1v) is 8.77. The van der Waals surface area contributed by atoms with E-state index in [2.05, 4.69) is 6.92 Å². The van der Waals surface area contributed by atoms with Crippen LogP contribution >= 0.6 is 0 Å². The molecule has 0 spiro atoms. The molecule has 6 nitrogen and oxygen atoms in total. The van der Waals surface area contributed by atoms with Crippen molar-refractivity contribution in [2.24, 2.45) is 5.92 Å². The van der Waals surface area contributed by atoms with Crippen LogP contribution in [0.25, 0.3) is 0 Å². The third kappa shape index (κ3) is 4.07. The van der Waals surface area contributed by atoms with Crippen LogP contribution in [0.4, 0.5) is 0 Å². The second-order valence-electron chi connectivity index (χ2n) is 5.89. The van der Waals surface area contributed by atoms with E-state index in [1.807, 2.05) is 12.1 Å². The molecule has 1 heterocycles. The van der Waals surface area contributed by atoms with Gasteiger partial charge in [-0.05, 0) is 24.5 Å². The molecule has 1 saturated carbocycles. The Labute approximate surface area is 125 Å². The highest BCUT2D eigenvalue weighted by atomic mass is 32.2. The molecule has 1 aliphatic carbocycles.